The van der Waals surface area contributed by atoms with E-state index in [0.29, 0.717) is 26.1 Å². The highest BCUT2D eigenvalue weighted by Gasteiger charge is 2.19. The summed E-state index contributed by atoms with van der Waals surface area (Å²) in [6.45, 7) is 4.46. The van der Waals surface area contributed by atoms with Crippen LogP contribution in [0.1, 0.15) is 23.7 Å². The molecule has 2 heterocycles. The maximum atomic E-state index is 11.6. The van der Waals surface area contributed by atoms with Gasteiger partial charge in [0, 0.05) is 49.6 Å². The summed E-state index contributed by atoms with van der Waals surface area (Å²) in [6, 6.07) is 6.82. The molecule has 1 N–H and O–H groups in total. The first-order valence-corrected chi connectivity index (χ1v) is 7.89. The fraction of sp³-hybridized carbons (Fsp3) is 0.353. The van der Waals surface area contributed by atoms with Crippen molar-refractivity contribution in [2.24, 2.45) is 0 Å². The summed E-state index contributed by atoms with van der Waals surface area (Å²) >= 11 is 0. The summed E-state index contributed by atoms with van der Waals surface area (Å²) in [5, 5.41) is 20.7. The van der Waals surface area contributed by atoms with Gasteiger partial charge in [-0.1, -0.05) is 19.1 Å². The molecule has 0 spiro atoms. The maximum absolute atomic E-state index is 11.6. The molecule has 1 aliphatic rings. The largest absolute Gasteiger partial charge is 0.503 e. The van der Waals surface area contributed by atoms with E-state index in [2.05, 4.69) is 4.90 Å². The Bertz CT molecular complexity index is 844. The van der Waals surface area contributed by atoms with Gasteiger partial charge < -0.3 is 9.67 Å². The predicted molar refractivity (Wildman–Crippen MR) is 89.0 cm³/mol. The van der Waals surface area contributed by atoms with Gasteiger partial charge in [-0.2, -0.15) is 0 Å². The van der Waals surface area contributed by atoms with Gasteiger partial charge in [-0.05, 0) is 12.0 Å². The summed E-state index contributed by atoms with van der Waals surface area (Å²) in [7, 11) is 0. The average molecular weight is 329 g/mol. The minimum absolute atomic E-state index is 0.161. The molecule has 0 atom stereocenters. The molecule has 0 radical (unpaired) electrons. The Morgan fingerprint density at radius 1 is 1.29 bits per heavy atom. The molecule has 0 bridgehead atoms. The van der Waals surface area contributed by atoms with Crippen molar-refractivity contribution in [1.29, 1.82) is 0 Å². The lowest BCUT2D eigenvalue weighted by Crippen LogP contribution is -2.34. The van der Waals surface area contributed by atoms with Gasteiger partial charge in [0.15, 0.2) is 5.75 Å². The smallest absolute Gasteiger partial charge is 0.272 e. The highest BCUT2D eigenvalue weighted by molar-refractivity contribution is 5.43. The number of hydrogen-bond acceptors (Lipinski definition) is 5. The molecule has 1 aliphatic heterocycles. The zero-order chi connectivity index (χ0) is 17.3. The number of aryl methyl sites for hydroxylation is 1. The normalized spacial score (nSPS) is 14.4. The lowest BCUT2D eigenvalue weighted by atomic mass is 10.1. The summed E-state index contributed by atoms with van der Waals surface area (Å²) in [5.74, 6) is -0.238. The van der Waals surface area contributed by atoms with Crippen LogP contribution in [0.15, 0.2) is 35.3 Å². The summed E-state index contributed by atoms with van der Waals surface area (Å²) in [6.07, 6.45) is 2.09. The first-order valence-electron chi connectivity index (χ1n) is 7.89. The first-order chi connectivity index (χ1) is 11.5. The quantitative estimate of drug-likeness (QED) is 0.685. The van der Waals surface area contributed by atoms with Crippen molar-refractivity contribution in [3.05, 3.63) is 67.6 Å². The summed E-state index contributed by atoms with van der Waals surface area (Å²) in [5.41, 5.74) is 2.23. The maximum Gasteiger partial charge on any atom is 0.272 e. The molecule has 3 rings (SSSR count). The Labute approximate surface area is 138 Å². The number of aromatic hydroxyl groups is 1. The third-order valence-electron chi connectivity index (χ3n) is 4.37. The molecule has 7 heteroatoms. The predicted octanol–water partition coefficient (Wildman–Crippen LogP) is 2.04. The Kier molecular flexibility index (Phi) is 4.35. The van der Waals surface area contributed by atoms with E-state index in [0.717, 1.165) is 23.4 Å². The molecule has 24 heavy (non-hydrogen) atoms. The molecule has 0 aliphatic carbocycles. The molecule has 0 fully saturated rings. The van der Waals surface area contributed by atoms with Gasteiger partial charge in [-0.15, -0.1) is 0 Å². The van der Waals surface area contributed by atoms with Crippen LogP contribution in [0.3, 0.4) is 0 Å². The van der Waals surface area contributed by atoms with Crippen LogP contribution < -0.4 is 5.43 Å². The van der Waals surface area contributed by atoms with Crippen LogP contribution >= 0.6 is 0 Å². The molecule has 0 saturated heterocycles. The lowest BCUT2D eigenvalue weighted by molar-refractivity contribution is -0.385. The molecule has 0 amide bonds. The molecule has 0 unspecified atom stereocenters. The molecule has 1 aromatic carbocycles. The van der Waals surface area contributed by atoms with Crippen molar-refractivity contribution in [2.45, 2.75) is 33.0 Å². The highest BCUT2D eigenvalue weighted by Crippen LogP contribution is 2.23. The SMILES string of the molecule is CCc1ccc(CN2CCn3cc(O)c(=O)cc3C2)cc1[N+](=O)[O-]. The number of hydrogen-bond donors (Lipinski definition) is 1. The second kappa shape index (κ2) is 6.45. The molecular formula is C17H19N3O4. The van der Waals surface area contributed by atoms with Gasteiger partial charge in [-0.25, -0.2) is 0 Å². The van der Waals surface area contributed by atoms with Crippen LogP contribution in [0.5, 0.6) is 5.75 Å². The molecular weight excluding hydrogens is 310 g/mol. The van der Waals surface area contributed by atoms with E-state index in [1.54, 1.807) is 6.07 Å². The Hall–Kier alpha value is -2.67. The number of benzene rings is 1. The first kappa shape index (κ1) is 16.2. The Balaban J connectivity index is 1.80. The van der Waals surface area contributed by atoms with E-state index in [1.165, 1.54) is 12.3 Å². The number of nitrogens with zero attached hydrogens (tertiary/aromatic N) is 3. The second-order valence-electron chi connectivity index (χ2n) is 5.99. The summed E-state index contributed by atoms with van der Waals surface area (Å²) < 4.78 is 1.87. The van der Waals surface area contributed by atoms with Crippen LogP contribution in [0, 0.1) is 10.1 Å². The fourth-order valence-corrected chi connectivity index (χ4v) is 3.07. The minimum Gasteiger partial charge on any atom is -0.503 e. The van der Waals surface area contributed by atoms with Crippen LogP contribution in [0.25, 0.3) is 0 Å². The van der Waals surface area contributed by atoms with Crippen molar-refractivity contribution < 1.29 is 10.0 Å². The number of nitro groups is 1. The van der Waals surface area contributed by atoms with Crippen molar-refractivity contribution in [2.75, 3.05) is 6.54 Å². The van der Waals surface area contributed by atoms with Gasteiger partial charge >= 0.3 is 0 Å². The minimum atomic E-state index is -0.383. The van der Waals surface area contributed by atoms with E-state index in [9.17, 15) is 20.0 Å². The third-order valence-corrected chi connectivity index (χ3v) is 4.37. The van der Waals surface area contributed by atoms with Gasteiger partial charge in [0.1, 0.15) is 0 Å². The molecule has 126 valence electrons. The number of aromatic nitrogens is 1. The van der Waals surface area contributed by atoms with Crippen molar-refractivity contribution in [3.8, 4) is 5.75 Å². The zero-order valence-corrected chi connectivity index (χ0v) is 13.4. The van der Waals surface area contributed by atoms with Crippen LogP contribution in [-0.4, -0.2) is 26.0 Å². The average Bonchev–Trinajstić information content (AvgIpc) is 2.56. The van der Waals surface area contributed by atoms with Gasteiger partial charge in [0.2, 0.25) is 5.43 Å². The van der Waals surface area contributed by atoms with Crippen LogP contribution in [-0.2, 0) is 26.1 Å². The monoisotopic (exact) mass is 329 g/mol. The van der Waals surface area contributed by atoms with Crippen molar-refractivity contribution >= 4 is 5.69 Å². The number of fused-ring (bicyclic) bond motifs is 1. The van der Waals surface area contributed by atoms with Gasteiger partial charge in [0.05, 0.1) is 11.1 Å². The van der Waals surface area contributed by atoms with E-state index < -0.39 is 0 Å². The number of nitro benzene ring substituents is 1. The van der Waals surface area contributed by atoms with E-state index >= 15 is 0 Å². The molecule has 0 saturated carbocycles. The summed E-state index contributed by atoms with van der Waals surface area (Å²) in [4.78, 5) is 24.6. The van der Waals surface area contributed by atoms with E-state index in [1.807, 2.05) is 23.6 Å². The standard InChI is InChI=1S/C17H19N3O4/c1-2-13-4-3-12(7-15(13)20(23)24)9-18-5-6-19-11-17(22)16(21)8-14(19)10-18/h3-4,7-8,11,22H,2,5-6,9-10H2,1H3. The van der Waals surface area contributed by atoms with E-state index in [-0.39, 0.29) is 21.8 Å². The Morgan fingerprint density at radius 3 is 2.79 bits per heavy atom. The number of rotatable bonds is 4. The topological polar surface area (TPSA) is 88.6 Å². The third kappa shape index (κ3) is 3.16. The van der Waals surface area contributed by atoms with Crippen LogP contribution in [0.2, 0.25) is 0 Å². The second-order valence-corrected chi connectivity index (χ2v) is 5.99. The zero-order valence-electron chi connectivity index (χ0n) is 13.4. The van der Waals surface area contributed by atoms with Gasteiger partial charge in [-0.3, -0.25) is 19.8 Å². The van der Waals surface area contributed by atoms with Crippen molar-refractivity contribution in [1.82, 2.24) is 9.47 Å². The molecule has 2 aromatic rings. The Morgan fingerprint density at radius 2 is 2.08 bits per heavy atom. The van der Waals surface area contributed by atoms with E-state index in [4.69, 9.17) is 0 Å². The lowest BCUT2D eigenvalue weighted by Gasteiger charge is -2.30. The highest BCUT2D eigenvalue weighted by atomic mass is 16.6. The fourth-order valence-electron chi connectivity index (χ4n) is 3.07. The van der Waals surface area contributed by atoms with Crippen LogP contribution in [0.4, 0.5) is 5.69 Å². The molecule has 1 aromatic heterocycles. The number of pyridine rings is 1. The van der Waals surface area contributed by atoms with Gasteiger partial charge in [0.25, 0.3) is 5.69 Å². The molecule has 7 nitrogen and oxygen atoms in total. The van der Waals surface area contributed by atoms with Crippen molar-refractivity contribution in [3.63, 3.8) is 0 Å².